The maximum Gasteiger partial charge on any atom is 0.239 e. The Balaban J connectivity index is 1.99. The summed E-state index contributed by atoms with van der Waals surface area (Å²) < 4.78 is 0. The summed E-state index contributed by atoms with van der Waals surface area (Å²) in [5, 5.41) is 12.4. The van der Waals surface area contributed by atoms with E-state index in [-0.39, 0.29) is 11.2 Å². The van der Waals surface area contributed by atoms with Crippen LogP contribution in [0.15, 0.2) is 35.2 Å². The summed E-state index contributed by atoms with van der Waals surface area (Å²) in [4.78, 5) is 13.4. The quantitative estimate of drug-likeness (QED) is 0.811. The van der Waals surface area contributed by atoms with Gasteiger partial charge in [0.05, 0.1) is 5.25 Å². The number of aromatic nitrogens is 2. The van der Waals surface area contributed by atoms with E-state index in [9.17, 15) is 4.79 Å². The second-order valence-corrected chi connectivity index (χ2v) is 7.20. The monoisotopic (exact) mass is 321 g/mol. The number of carbonyl (C=O) groups is 1. The van der Waals surface area contributed by atoms with E-state index < -0.39 is 0 Å². The third-order valence-corrected chi connectivity index (χ3v) is 5.36. The van der Waals surface area contributed by atoms with Crippen LogP contribution < -0.4 is 5.32 Å². The van der Waals surface area contributed by atoms with Crippen LogP contribution in [0.5, 0.6) is 0 Å². The summed E-state index contributed by atoms with van der Waals surface area (Å²) >= 11 is 3.01. The lowest BCUT2D eigenvalue weighted by molar-refractivity contribution is -0.115. The van der Waals surface area contributed by atoms with Gasteiger partial charge in [-0.15, -0.1) is 22.0 Å². The molecule has 1 atom stereocenters. The summed E-state index contributed by atoms with van der Waals surface area (Å²) in [5.74, 6) is 0.312. The lowest BCUT2D eigenvalue weighted by Gasteiger charge is -2.13. The third kappa shape index (κ3) is 4.54. The van der Waals surface area contributed by atoms with Gasteiger partial charge in [-0.1, -0.05) is 50.3 Å². The van der Waals surface area contributed by atoms with Crippen molar-refractivity contribution in [3.63, 3.8) is 0 Å². The number of hydrogen-bond acceptors (Lipinski definition) is 5. The van der Waals surface area contributed by atoms with E-state index in [0.29, 0.717) is 11.0 Å². The third-order valence-electron chi connectivity index (χ3n) is 2.85. The van der Waals surface area contributed by atoms with Crippen LogP contribution in [0, 0.1) is 0 Å². The smallest absolute Gasteiger partial charge is 0.239 e. The molecule has 0 bridgehead atoms. The maximum absolute atomic E-state index is 12.3. The predicted molar refractivity (Wildman–Crippen MR) is 89.0 cm³/mol. The highest BCUT2D eigenvalue weighted by molar-refractivity contribution is 8.00. The van der Waals surface area contributed by atoms with Gasteiger partial charge in [-0.25, -0.2) is 0 Å². The first kappa shape index (κ1) is 16.0. The molecule has 0 radical (unpaired) electrons. The van der Waals surface area contributed by atoms with Crippen LogP contribution in [0.4, 0.5) is 5.13 Å². The Kier molecular flexibility index (Phi) is 5.76. The first-order valence-corrected chi connectivity index (χ1v) is 8.65. The van der Waals surface area contributed by atoms with E-state index in [2.05, 4.69) is 29.4 Å². The fourth-order valence-electron chi connectivity index (χ4n) is 1.69. The lowest BCUT2D eigenvalue weighted by Crippen LogP contribution is -2.24. The van der Waals surface area contributed by atoms with Gasteiger partial charge in [-0.3, -0.25) is 10.1 Å². The van der Waals surface area contributed by atoms with E-state index in [1.54, 1.807) is 11.8 Å². The molecule has 1 N–H and O–H groups in total. The molecule has 0 saturated heterocycles. The Morgan fingerprint density at radius 2 is 2.00 bits per heavy atom. The molecule has 0 aliphatic rings. The number of rotatable bonds is 6. The number of benzene rings is 1. The van der Waals surface area contributed by atoms with Crippen molar-refractivity contribution in [1.29, 1.82) is 0 Å². The van der Waals surface area contributed by atoms with Gasteiger partial charge in [0, 0.05) is 10.8 Å². The van der Waals surface area contributed by atoms with E-state index in [4.69, 9.17) is 0 Å². The Bertz CT molecular complexity index is 584. The average molecular weight is 321 g/mol. The first-order chi connectivity index (χ1) is 10.1. The molecule has 2 rings (SSSR count). The predicted octanol–water partition coefficient (Wildman–Crippen LogP) is 4.17. The molecular weight excluding hydrogens is 302 g/mol. The van der Waals surface area contributed by atoms with Gasteiger partial charge in [0.1, 0.15) is 5.01 Å². The largest absolute Gasteiger partial charge is 0.300 e. The second kappa shape index (κ2) is 7.56. The van der Waals surface area contributed by atoms with Crippen molar-refractivity contribution in [3.05, 3.63) is 35.3 Å². The van der Waals surface area contributed by atoms with Crippen molar-refractivity contribution in [1.82, 2.24) is 10.2 Å². The van der Waals surface area contributed by atoms with Crippen LogP contribution in [-0.2, 0) is 4.79 Å². The first-order valence-electron chi connectivity index (χ1n) is 6.96. The molecule has 0 unspecified atom stereocenters. The average Bonchev–Trinajstić information content (AvgIpc) is 2.94. The molecule has 2 aromatic rings. The highest BCUT2D eigenvalue weighted by atomic mass is 32.2. The van der Waals surface area contributed by atoms with Gasteiger partial charge < -0.3 is 0 Å². The Hall–Kier alpha value is -1.40. The molecule has 4 nitrogen and oxygen atoms in total. The zero-order valence-electron chi connectivity index (χ0n) is 12.4. The highest BCUT2D eigenvalue weighted by Gasteiger charge is 2.19. The number of thioether (sulfide) groups is 1. The molecule has 0 fully saturated rings. The molecule has 0 spiro atoms. The topological polar surface area (TPSA) is 54.9 Å². The van der Waals surface area contributed by atoms with Crippen molar-refractivity contribution in [3.8, 4) is 0 Å². The fraction of sp³-hybridized carbons (Fsp3) is 0.400. The van der Waals surface area contributed by atoms with Crippen LogP contribution in [0.1, 0.15) is 38.1 Å². The zero-order chi connectivity index (χ0) is 15.2. The van der Waals surface area contributed by atoms with Gasteiger partial charge in [-0.2, -0.15) is 0 Å². The van der Waals surface area contributed by atoms with Crippen molar-refractivity contribution < 1.29 is 4.79 Å². The fourth-order valence-corrected chi connectivity index (χ4v) is 3.41. The summed E-state index contributed by atoms with van der Waals surface area (Å²) in [5.41, 5.74) is 0. The molecule has 1 heterocycles. The van der Waals surface area contributed by atoms with Gasteiger partial charge in [-0.05, 0) is 18.6 Å². The van der Waals surface area contributed by atoms with Gasteiger partial charge in [0.25, 0.3) is 0 Å². The van der Waals surface area contributed by atoms with Crippen molar-refractivity contribution in [2.75, 3.05) is 5.32 Å². The molecule has 0 aliphatic carbocycles. The number of nitrogens with one attached hydrogen (secondary N) is 1. The van der Waals surface area contributed by atoms with Crippen LogP contribution >= 0.6 is 23.1 Å². The standard InChI is InChI=1S/C15H19N3OS2/c1-4-12(20-11-8-6-5-7-9-11)13(19)16-15-18-17-14(21-15)10(2)3/h5-10,12H,4H2,1-3H3,(H,16,18,19)/t12-/m1/s1. The molecule has 0 aliphatic heterocycles. The van der Waals surface area contributed by atoms with Gasteiger partial charge in [0.2, 0.25) is 11.0 Å². The molecule has 1 amide bonds. The zero-order valence-corrected chi connectivity index (χ0v) is 14.0. The van der Waals surface area contributed by atoms with Crippen LogP contribution in [-0.4, -0.2) is 21.4 Å². The second-order valence-electron chi connectivity index (χ2n) is 4.92. The summed E-state index contributed by atoms with van der Waals surface area (Å²) in [7, 11) is 0. The minimum atomic E-state index is -0.126. The van der Waals surface area contributed by atoms with E-state index in [0.717, 1.165) is 16.3 Å². The number of hydrogen-bond donors (Lipinski definition) is 1. The molecule has 1 aromatic carbocycles. The van der Waals surface area contributed by atoms with Crippen LogP contribution in [0.25, 0.3) is 0 Å². The van der Waals surface area contributed by atoms with Crippen LogP contribution in [0.2, 0.25) is 0 Å². The van der Waals surface area contributed by atoms with Crippen molar-refractivity contribution in [2.45, 2.75) is 43.3 Å². The van der Waals surface area contributed by atoms with Gasteiger partial charge in [0.15, 0.2) is 0 Å². The number of amides is 1. The number of anilines is 1. The van der Waals surface area contributed by atoms with Gasteiger partial charge >= 0.3 is 0 Å². The van der Waals surface area contributed by atoms with E-state index >= 15 is 0 Å². The molecule has 6 heteroatoms. The molecular formula is C15H19N3OS2. The van der Waals surface area contributed by atoms with Crippen LogP contribution in [0.3, 0.4) is 0 Å². The summed E-state index contributed by atoms with van der Waals surface area (Å²) in [6.07, 6.45) is 0.765. The molecule has 0 saturated carbocycles. The summed E-state index contributed by atoms with van der Waals surface area (Å²) in [6, 6.07) is 9.96. The minimum absolute atomic E-state index is 0.0159. The van der Waals surface area contributed by atoms with Crippen molar-refractivity contribution in [2.24, 2.45) is 0 Å². The van der Waals surface area contributed by atoms with E-state index in [1.807, 2.05) is 37.3 Å². The van der Waals surface area contributed by atoms with E-state index in [1.165, 1.54) is 11.3 Å². The molecule has 112 valence electrons. The Morgan fingerprint density at radius 3 is 2.57 bits per heavy atom. The Morgan fingerprint density at radius 1 is 1.29 bits per heavy atom. The molecule has 21 heavy (non-hydrogen) atoms. The number of carbonyl (C=O) groups excluding carboxylic acids is 1. The SMILES string of the molecule is CC[C@@H](Sc1ccccc1)C(=O)Nc1nnc(C(C)C)s1. The highest BCUT2D eigenvalue weighted by Crippen LogP contribution is 2.27. The normalized spacial score (nSPS) is 12.4. The number of nitrogens with zero attached hydrogens (tertiary/aromatic N) is 2. The summed E-state index contributed by atoms with van der Waals surface area (Å²) in [6.45, 7) is 6.14. The van der Waals surface area contributed by atoms with Crippen molar-refractivity contribution >= 4 is 34.1 Å². The molecule has 1 aromatic heterocycles. The Labute approximate surface area is 133 Å². The minimum Gasteiger partial charge on any atom is -0.300 e. The maximum atomic E-state index is 12.3. The lowest BCUT2D eigenvalue weighted by atomic mass is 10.2.